The molecule has 0 amide bonds. The molecular weight excluding hydrogens is 192 g/mol. The molecule has 0 saturated heterocycles. The number of benzene rings is 1. The molecule has 0 heteroatoms. The molecule has 0 atom stereocenters. The van der Waals surface area contributed by atoms with Crippen LogP contribution in [-0.4, -0.2) is 0 Å². The Morgan fingerprint density at radius 3 is 1.94 bits per heavy atom. The Bertz CT molecular complexity index is 332. The third-order valence-corrected chi connectivity index (χ3v) is 3.56. The number of rotatable bonds is 0. The molecule has 0 N–H and O–H groups in total. The van der Waals surface area contributed by atoms with Crippen LogP contribution in [0.2, 0.25) is 0 Å². The van der Waals surface area contributed by atoms with E-state index in [1.807, 2.05) is 0 Å². The van der Waals surface area contributed by atoms with Gasteiger partial charge in [-0.15, -0.1) is 0 Å². The van der Waals surface area contributed by atoms with Gasteiger partial charge >= 0.3 is 0 Å². The van der Waals surface area contributed by atoms with Gasteiger partial charge in [-0.25, -0.2) is 0 Å². The van der Waals surface area contributed by atoms with Crippen LogP contribution >= 0.6 is 0 Å². The lowest BCUT2D eigenvalue weighted by molar-refractivity contribution is 0.599. The van der Waals surface area contributed by atoms with Crippen LogP contribution in [0.5, 0.6) is 0 Å². The summed E-state index contributed by atoms with van der Waals surface area (Å²) in [5.74, 6) is 0. The summed E-state index contributed by atoms with van der Waals surface area (Å²) in [6.07, 6.45) is 10.6. The first-order chi connectivity index (χ1) is 7.86. The number of hydrogen-bond donors (Lipinski definition) is 0. The Labute approximate surface area is 99.4 Å². The van der Waals surface area contributed by atoms with E-state index < -0.39 is 0 Å². The lowest BCUT2D eigenvalue weighted by atomic mass is 10.00. The van der Waals surface area contributed by atoms with Crippen molar-refractivity contribution in [3.05, 3.63) is 42.0 Å². The highest BCUT2D eigenvalue weighted by Crippen LogP contribution is 2.22. The molecule has 16 heavy (non-hydrogen) atoms. The topological polar surface area (TPSA) is 0 Å². The molecule has 0 spiro atoms. The van der Waals surface area contributed by atoms with Gasteiger partial charge in [0.05, 0.1) is 0 Å². The van der Waals surface area contributed by atoms with Crippen LogP contribution in [0, 0.1) is 0 Å². The summed E-state index contributed by atoms with van der Waals surface area (Å²) in [4.78, 5) is 0. The van der Waals surface area contributed by atoms with Crippen molar-refractivity contribution in [3.63, 3.8) is 0 Å². The summed E-state index contributed by atoms with van der Waals surface area (Å²) in [6.45, 7) is 4.19. The van der Waals surface area contributed by atoms with E-state index in [1.54, 1.807) is 0 Å². The molecule has 0 radical (unpaired) electrons. The van der Waals surface area contributed by atoms with Crippen molar-refractivity contribution in [1.82, 2.24) is 0 Å². The second-order valence-corrected chi connectivity index (χ2v) is 4.92. The van der Waals surface area contributed by atoms with Crippen LogP contribution in [0.3, 0.4) is 0 Å². The monoisotopic (exact) mass is 214 g/mol. The number of hydrogen-bond acceptors (Lipinski definition) is 0. The van der Waals surface area contributed by atoms with Gasteiger partial charge < -0.3 is 0 Å². The van der Waals surface area contributed by atoms with Gasteiger partial charge in [0.25, 0.3) is 0 Å². The van der Waals surface area contributed by atoms with Crippen LogP contribution in [-0.2, 0) is 6.42 Å². The van der Waals surface area contributed by atoms with Crippen molar-refractivity contribution >= 4 is 5.57 Å². The molecule has 0 fully saturated rings. The van der Waals surface area contributed by atoms with E-state index in [9.17, 15) is 0 Å². The summed E-state index contributed by atoms with van der Waals surface area (Å²) in [6, 6.07) is 9.04. The molecule has 0 saturated carbocycles. The van der Waals surface area contributed by atoms with Crippen LogP contribution in [0.4, 0.5) is 0 Å². The first kappa shape index (κ1) is 11.4. The number of aryl methyl sites for hydroxylation is 1. The van der Waals surface area contributed by atoms with Crippen molar-refractivity contribution in [2.45, 2.75) is 51.4 Å². The Morgan fingerprint density at radius 2 is 1.25 bits per heavy atom. The molecule has 0 aromatic heterocycles. The summed E-state index contributed by atoms with van der Waals surface area (Å²) in [5.41, 5.74) is 4.13. The standard InChI is InChI=1S/C16H22/c1-14-8-6-4-2-3-5-7-9-15-10-12-16(14)13-11-15/h10-13H,1-9H2. The summed E-state index contributed by atoms with van der Waals surface area (Å²) < 4.78 is 0. The highest BCUT2D eigenvalue weighted by Gasteiger charge is 2.02. The maximum absolute atomic E-state index is 4.19. The second-order valence-electron chi connectivity index (χ2n) is 4.92. The molecule has 0 heterocycles. The maximum atomic E-state index is 4.19. The van der Waals surface area contributed by atoms with Crippen molar-refractivity contribution in [2.24, 2.45) is 0 Å². The third-order valence-electron chi connectivity index (χ3n) is 3.56. The first-order valence-electron chi connectivity index (χ1n) is 6.63. The van der Waals surface area contributed by atoms with E-state index in [-0.39, 0.29) is 0 Å². The van der Waals surface area contributed by atoms with Gasteiger partial charge in [0, 0.05) is 0 Å². The molecule has 2 aliphatic carbocycles. The minimum atomic E-state index is 1.17. The van der Waals surface area contributed by atoms with Crippen molar-refractivity contribution in [3.8, 4) is 0 Å². The quantitative estimate of drug-likeness (QED) is 0.571. The minimum Gasteiger partial charge on any atom is -0.0952 e. The molecule has 1 aromatic carbocycles. The van der Waals surface area contributed by atoms with E-state index in [0.29, 0.717) is 0 Å². The average molecular weight is 214 g/mol. The molecule has 2 bridgehead atoms. The lowest BCUT2D eigenvalue weighted by Gasteiger charge is -2.06. The van der Waals surface area contributed by atoms with Gasteiger partial charge in [-0.3, -0.25) is 0 Å². The summed E-state index contributed by atoms with van der Waals surface area (Å²) in [7, 11) is 0. The van der Waals surface area contributed by atoms with Crippen LogP contribution < -0.4 is 0 Å². The summed E-state index contributed by atoms with van der Waals surface area (Å²) in [5, 5.41) is 0. The predicted molar refractivity (Wildman–Crippen MR) is 71.5 cm³/mol. The highest BCUT2D eigenvalue weighted by atomic mass is 14.1. The Hall–Kier alpha value is -1.04. The van der Waals surface area contributed by atoms with E-state index in [1.165, 1.54) is 68.1 Å². The largest absolute Gasteiger partial charge is 0.0952 e. The SMILES string of the molecule is C=C1CCCCCCCCc2ccc1cc2. The molecule has 0 nitrogen and oxygen atoms in total. The average Bonchev–Trinajstić information content (AvgIpc) is 2.34. The van der Waals surface area contributed by atoms with E-state index >= 15 is 0 Å². The van der Waals surface area contributed by atoms with Gasteiger partial charge in [0.15, 0.2) is 0 Å². The maximum Gasteiger partial charge on any atom is -0.0230 e. The Morgan fingerprint density at radius 1 is 0.688 bits per heavy atom. The normalized spacial score (nSPS) is 18.6. The highest BCUT2D eigenvalue weighted by molar-refractivity contribution is 5.63. The molecule has 86 valence electrons. The molecule has 2 aliphatic rings. The van der Waals surface area contributed by atoms with Crippen LogP contribution in [0.15, 0.2) is 30.8 Å². The lowest BCUT2D eigenvalue weighted by Crippen LogP contribution is -1.87. The zero-order valence-electron chi connectivity index (χ0n) is 10.2. The summed E-state index contributed by atoms with van der Waals surface area (Å²) >= 11 is 0. The Kier molecular flexibility index (Phi) is 4.21. The third kappa shape index (κ3) is 3.23. The van der Waals surface area contributed by atoms with E-state index in [0.717, 1.165) is 0 Å². The van der Waals surface area contributed by atoms with Crippen molar-refractivity contribution < 1.29 is 0 Å². The minimum absolute atomic E-state index is 1.17. The fourth-order valence-corrected chi connectivity index (χ4v) is 2.43. The number of allylic oxidation sites excluding steroid dienone is 1. The zero-order chi connectivity index (χ0) is 11.2. The molecule has 1 aromatic rings. The molecule has 3 rings (SSSR count). The van der Waals surface area contributed by atoms with Gasteiger partial charge in [-0.2, -0.15) is 0 Å². The van der Waals surface area contributed by atoms with Crippen molar-refractivity contribution in [1.29, 1.82) is 0 Å². The van der Waals surface area contributed by atoms with Crippen LogP contribution in [0.1, 0.15) is 56.1 Å². The van der Waals surface area contributed by atoms with Gasteiger partial charge in [-0.05, 0) is 42.4 Å². The molecule has 0 unspecified atom stereocenters. The molecular formula is C16H22. The van der Waals surface area contributed by atoms with Gasteiger partial charge in [0.1, 0.15) is 0 Å². The first-order valence-corrected chi connectivity index (χ1v) is 6.63. The number of fused-ring (bicyclic) bond motifs is 10. The zero-order valence-corrected chi connectivity index (χ0v) is 10.2. The Balaban J connectivity index is 2.08. The van der Waals surface area contributed by atoms with Gasteiger partial charge in [0.2, 0.25) is 0 Å². The van der Waals surface area contributed by atoms with E-state index in [2.05, 4.69) is 30.8 Å². The van der Waals surface area contributed by atoms with E-state index in [4.69, 9.17) is 0 Å². The van der Waals surface area contributed by atoms with Crippen LogP contribution in [0.25, 0.3) is 5.57 Å². The molecule has 0 aliphatic heterocycles. The van der Waals surface area contributed by atoms with Crippen molar-refractivity contribution in [2.75, 3.05) is 0 Å². The fraction of sp³-hybridized carbons (Fsp3) is 0.500. The smallest absolute Gasteiger partial charge is 0.0230 e. The fourth-order valence-electron chi connectivity index (χ4n) is 2.43. The predicted octanol–water partition coefficient (Wildman–Crippen LogP) is 4.99. The van der Waals surface area contributed by atoms with Gasteiger partial charge in [-0.1, -0.05) is 56.5 Å². The second kappa shape index (κ2) is 5.89.